The summed E-state index contributed by atoms with van der Waals surface area (Å²) in [6, 6.07) is 11.8. The fraction of sp³-hybridized carbons (Fsp3) is 0.382. The van der Waals surface area contributed by atoms with Crippen molar-refractivity contribution >= 4 is 29.1 Å². The van der Waals surface area contributed by atoms with Crippen LogP contribution in [0.25, 0.3) is 33.6 Å². The number of nitrogens with zero attached hydrogens (tertiary/aromatic N) is 4. The molecule has 2 aliphatic rings. The molecule has 3 atom stereocenters. The Morgan fingerprint density at radius 1 is 0.872 bits per heavy atom. The molecule has 6 rings (SSSR count). The van der Waals surface area contributed by atoms with E-state index in [1.165, 1.54) is 0 Å². The number of carbonyl (C=O) groups is 1. The molecule has 2 fully saturated rings. The van der Waals surface area contributed by atoms with Crippen molar-refractivity contribution in [2.24, 2.45) is 0 Å². The second-order valence-corrected chi connectivity index (χ2v) is 12.3. The Morgan fingerprint density at radius 2 is 1.45 bits per heavy atom. The van der Waals surface area contributed by atoms with Gasteiger partial charge in [0.15, 0.2) is 0 Å². The van der Waals surface area contributed by atoms with Gasteiger partial charge in [-0.25, -0.2) is 9.97 Å². The molecule has 0 radical (unpaired) electrons. The molecule has 13 heteroatoms. The summed E-state index contributed by atoms with van der Waals surface area (Å²) in [5.74, 6) is 0.908. The van der Waals surface area contributed by atoms with Gasteiger partial charge in [-0.05, 0) is 19.8 Å². The van der Waals surface area contributed by atoms with Crippen molar-refractivity contribution in [3.05, 3.63) is 70.2 Å². The summed E-state index contributed by atoms with van der Waals surface area (Å²) in [6.45, 7) is 4.41. The number of carbonyl (C=O) groups excluding carboxylic acids is 1. The van der Waals surface area contributed by atoms with Crippen LogP contribution in [0.15, 0.2) is 48.8 Å². The first-order chi connectivity index (χ1) is 22.9. The first-order valence-electron chi connectivity index (χ1n) is 15.6. The Morgan fingerprint density at radius 3 is 1.96 bits per heavy atom. The van der Waals surface area contributed by atoms with Gasteiger partial charge in [-0.15, -0.1) is 0 Å². The average Bonchev–Trinajstić information content (AvgIpc) is 3.70. The monoisotopic (exact) mass is 677 g/mol. The van der Waals surface area contributed by atoms with Crippen LogP contribution in [0.2, 0.25) is 10.0 Å². The van der Waals surface area contributed by atoms with Crippen LogP contribution in [0, 0.1) is 0 Å². The highest BCUT2D eigenvalue weighted by Gasteiger charge is 2.25. The van der Waals surface area contributed by atoms with E-state index in [9.17, 15) is 4.79 Å². The number of halogens is 2. The molecule has 0 bridgehead atoms. The van der Waals surface area contributed by atoms with Crippen LogP contribution in [0.3, 0.4) is 0 Å². The van der Waals surface area contributed by atoms with Crippen molar-refractivity contribution in [2.75, 3.05) is 27.4 Å². The van der Waals surface area contributed by atoms with E-state index in [0.29, 0.717) is 81.8 Å². The highest BCUT2D eigenvalue weighted by atomic mass is 35.5. The second-order valence-electron chi connectivity index (χ2n) is 11.5. The molecule has 2 aromatic carbocycles. The summed E-state index contributed by atoms with van der Waals surface area (Å²) >= 11 is 14.1. The predicted octanol–water partition coefficient (Wildman–Crippen LogP) is 5.23. The Bertz CT molecular complexity index is 1760. The van der Waals surface area contributed by atoms with Crippen molar-refractivity contribution in [2.45, 2.75) is 57.5 Å². The van der Waals surface area contributed by atoms with E-state index in [0.717, 1.165) is 30.6 Å². The van der Waals surface area contributed by atoms with Gasteiger partial charge >= 0.3 is 0 Å². The zero-order chi connectivity index (χ0) is 32.9. The molecule has 11 nitrogen and oxygen atoms in total. The van der Waals surface area contributed by atoms with E-state index in [4.69, 9.17) is 47.4 Å². The minimum atomic E-state index is 0.0854. The van der Waals surface area contributed by atoms with Gasteiger partial charge in [0.2, 0.25) is 17.7 Å². The summed E-state index contributed by atoms with van der Waals surface area (Å²) in [6.07, 6.45) is 5.86. The van der Waals surface area contributed by atoms with Crippen molar-refractivity contribution in [3.8, 4) is 45.4 Å². The maximum Gasteiger partial charge on any atom is 0.237 e. The Hall–Kier alpha value is -3.87. The highest BCUT2D eigenvalue weighted by Crippen LogP contribution is 2.42. The SMILES string of the molecule is COc1nc(-c2cccc(-c3cccc(-c4cnc(CN[C@@H]5CCO[C@@H]5C)c(OC)n4)c3Cl)c2Cl)cnc1CNC[C@@H]1CCC(=O)N1. The van der Waals surface area contributed by atoms with Crippen molar-refractivity contribution < 1.29 is 19.0 Å². The van der Waals surface area contributed by atoms with E-state index in [1.54, 1.807) is 26.6 Å². The molecule has 2 aromatic heterocycles. The Balaban J connectivity index is 1.23. The van der Waals surface area contributed by atoms with Gasteiger partial charge in [0.05, 0.1) is 54.2 Å². The van der Waals surface area contributed by atoms with Crippen LogP contribution < -0.4 is 25.4 Å². The first kappa shape index (κ1) is 33.0. The third-order valence-corrected chi connectivity index (χ3v) is 9.34. The molecule has 47 heavy (non-hydrogen) atoms. The lowest BCUT2D eigenvalue weighted by Crippen LogP contribution is -2.35. The van der Waals surface area contributed by atoms with Crippen molar-refractivity contribution in [1.82, 2.24) is 35.9 Å². The van der Waals surface area contributed by atoms with Crippen LogP contribution in [0.1, 0.15) is 37.6 Å². The summed E-state index contributed by atoms with van der Waals surface area (Å²) in [5, 5.41) is 10.7. The van der Waals surface area contributed by atoms with E-state index >= 15 is 0 Å². The van der Waals surface area contributed by atoms with Gasteiger partial charge in [-0.3, -0.25) is 14.8 Å². The van der Waals surface area contributed by atoms with Crippen LogP contribution >= 0.6 is 23.2 Å². The molecule has 0 saturated carbocycles. The molecule has 3 N–H and O–H groups in total. The molecular weight excluding hydrogens is 641 g/mol. The molecule has 2 aliphatic heterocycles. The second kappa shape index (κ2) is 14.9. The number of nitrogens with one attached hydrogen (secondary N) is 3. The van der Waals surface area contributed by atoms with Crippen molar-refractivity contribution in [1.29, 1.82) is 0 Å². The van der Waals surface area contributed by atoms with Gasteiger partial charge in [0.1, 0.15) is 11.4 Å². The number of hydrogen-bond donors (Lipinski definition) is 3. The van der Waals surface area contributed by atoms with Crippen LogP contribution in [0.4, 0.5) is 0 Å². The fourth-order valence-corrected chi connectivity index (χ4v) is 6.57. The standard InChI is InChI=1S/C34H37Cl2N7O4/c1-19-25(12-13-47-19)38-18-29-34(46-3)43-27(17-40-29)24-9-5-7-22(32(24)36)21-6-4-8-23(31(21)35)26-16-39-28(33(42-26)45-2)15-37-14-20-10-11-30(44)41-20/h4-9,16-17,19-20,25,37-38H,10-15,18H2,1-3H3,(H,41,44)/t19-,20+,25-/m1/s1. The Kier molecular flexibility index (Phi) is 10.5. The third kappa shape index (κ3) is 7.34. The van der Waals surface area contributed by atoms with Crippen LogP contribution in [0.5, 0.6) is 11.8 Å². The highest BCUT2D eigenvalue weighted by molar-refractivity contribution is 6.39. The average molecular weight is 679 g/mol. The van der Waals surface area contributed by atoms with Crippen LogP contribution in [-0.2, 0) is 22.6 Å². The van der Waals surface area contributed by atoms with Gasteiger partial charge in [-0.1, -0.05) is 59.6 Å². The maximum absolute atomic E-state index is 11.5. The van der Waals surface area contributed by atoms with Gasteiger partial charge in [-0.2, -0.15) is 0 Å². The third-order valence-electron chi connectivity index (χ3n) is 8.53. The molecular formula is C34H37Cl2N7O4. The maximum atomic E-state index is 11.5. The normalized spacial score (nSPS) is 19.2. The van der Waals surface area contributed by atoms with E-state index in [2.05, 4.69) is 32.8 Å². The smallest absolute Gasteiger partial charge is 0.237 e. The predicted molar refractivity (Wildman–Crippen MR) is 181 cm³/mol. The number of benzene rings is 2. The molecule has 0 unspecified atom stereocenters. The Labute approximate surface area is 283 Å². The molecule has 4 aromatic rings. The summed E-state index contributed by atoms with van der Waals surface area (Å²) in [7, 11) is 3.14. The van der Waals surface area contributed by atoms with Crippen molar-refractivity contribution in [3.63, 3.8) is 0 Å². The zero-order valence-electron chi connectivity index (χ0n) is 26.5. The van der Waals surface area contributed by atoms with E-state index < -0.39 is 0 Å². The van der Waals surface area contributed by atoms with Gasteiger partial charge < -0.3 is 30.2 Å². The lowest BCUT2D eigenvalue weighted by atomic mass is 9.98. The van der Waals surface area contributed by atoms with E-state index in [-0.39, 0.29) is 24.1 Å². The molecule has 4 heterocycles. The largest absolute Gasteiger partial charge is 0.480 e. The minimum Gasteiger partial charge on any atom is -0.480 e. The number of hydrogen-bond acceptors (Lipinski definition) is 10. The zero-order valence-corrected chi connectivity index (χ0v) is 28.0. The van der Waals surface area contributed by atoms with Gasteiger partial charge in [0, 0.05) is 67.0 Å². The molecule has 1 amide bonds. The number of ether oxygens (including phenoxy) is 3. The lowest BCUT2D eigenvalue weighted by Gasteiger charge is -2.17. The van der Waals surface area contributed by atoms with Crippen LogP contribution in [-0.4, -0.2) is 71.4 Å². The quantitative estimate of drug-likeness (QED) is 0.183. The molecule has 2 saturated heterocycles. The number of aromatic nitrogens is 4. The molecule has 0 spiro atoms. The topological polar surface area (TPSA) is 132 Å². The number of methoxy groups -OCH3 is 2. The molecule has 246 valence electrons. The first-order valence-corrected chi connectivity index (χ1v) is 16.3. The summed E-state index contributed by atoms with van der Waals surface area (Å²) in [4.78, 5) is 30.3. The summed E-state index contributed by atoms with van der Waals surface area (Å²) < 4.78 is 16.8. The summed E-state index contributed by atoms with van der Waals surface area (Å²) in [5.41, 5.74) is 5.35. The molecule has 0 aliphatic carbocycles. The number of rotatable bonds is 12. The minimum absolute atomic E-state index is 0.0854. The number of amides is 1. The van der Waals surface area contributed by atoms with Gasteiger partial charge in [0.25, 0.3) is 0 Å². The van der Waals surface area contributed by atoms with E-state index in [1.807, 2.05) is 36.4 Å². The fourth-order valence-electron chi connectivity index (χ4n) is 5.92. The lowest BCUT2D eigenvalue weighted by molar-refractivity contribution is -0.119.